The Morgan fingerprint density at radius 2 is 1.96 bits per heavy atom. The molecule has 0 aliphatic heterocycles. The molecule has 1 unspecified atom stereocenters. The van der Waals surface area contributed by atoms with Crippen molar-refractivity contribution in [2.45, 2.75) is 19.6 Å². The summed E-state index contributed by atoms with van der Waals surface area (Å²) in [5, 5.41) is 6.56. The Balaban J connectivity index is 1.52. The Labute approximate surface area is 164 Å². The number of aliphatic imine (C=N–C) groups is 1. The minimum atomic E-state index is -0.279. The summed E-state index contributed by atoms with van der Waals surface area (Å²) in [5.74, 6) is 1.03. The number of guanidine groups is 1. The predicted octanol–water partition coefficient (Wildman–Crippen LogP) is 3.14. The fraction of sp³-hybridized carbons (Fsp3) is 0.238. The highest BCUT2D eigenvalue weighted by Crippen LogP contribution is 2.14. The number of benzene rings is 2. The molecule has 3 aromatic rings. The van der Waals surface area contributed by atoms with Crippen molar-refractivity contribution in [1.82, 2.24) is 20.2 Å². The number of rotatable bonds is 7. The first-order valence-electron chi connectivity index (χ1n) is 9.08. The number of imidazole rings is 1. The molecule has 2 N–H and O–H groups in total. The van der Waals surface area contributed by atoms with E-state index >= 15 is 0 Å². The average Bonchev–Trinajstić information content (AvgIpc) is 3.25. The maximum absolute atomic E-state index is 13.0. The molecule has 28 heavy (non-hydrogen) atoms. The number of nitrogens with one attached hydrogen (secondary N) is 2. The number of para-hydroxylation sites is 1. The molecule has 0 bridgehead atoms. The summed E-state index contributed by atoms with van der Waals surface area (Å²) >= 11 is 0. The van der Waals surface area contributed by atoms with E-state index in [9.17, 15) is 4.39 Å². The molecular formula is C21H24FN5O. The maximum Gasteiger partial charge on any atom is 0.191 e. The molecular weight excluding hydrogens is 357 g/mol. The van der Waals surface area contributed by atoms with E-state index in [1.165, 1.54) is 12.1 Å². The van der Waals surface area contributed by atoms with Crippen molar-refractivity contribution in [1.29, 1.82) is 0 Å². The van der Waals surface area contributed by atoms with Crippen molar-refractivity contribution in [3.05, 3.63) is 78.6 Å². The van der Waals surface area contributed by atoms with Gasteiger partial charge in [0.15, 0.2) is 5.96 Å². The largest absolute Gasteiger partial charge is 0.489 e. The highest BCUT2D eigenvalue weighted by Gasteiger charge is 2.08. The molecule has 0 amide bonds. The number of ether oxygens (including phenoxy) is 1. The van der Waals surface area contributed by atoms with Gasteiger partial charge in [-0.05, 0) is 42.8 Å². The van der Waals surface area contributed by atoms with Gasteiger partial charge in [-0.1, -0.05) is 18.2 Å². The van der Waals surface area contributed by atoms with E-state index in [-0.39, 0.29) is 11.9 Å². The van der Waals surface area contributed by atoms with Crippen LogP contribution in [0, 0.1) is 5.82 Å². The summed E-state index contributed by atoms with van der Waals surface area (Å²) < 4.78 is 20.7. The number of nitrogens with zero attached hydrogens (tertiary/aromatic N) is 3. The van der Waals surface area contributed by atoms with Crippen LogP contribution in [0.25, 0.3) is 5.69 Å². The van der Waals surface area contributed by atoms with Crippen LogP contribution in [0.4, 0.5) is 4.39 Å². The lowest BCUT2D eigenvalue weighted by Crippen LogP contribution is -2.41. The Kier molecular flexibility index (Phi) is 6.62. The van der Waals surface area contributed by atoms with Crippen LogP contribution in [-0.4, -0.2) is 35.2 Å². The highest BCUT2D eigenvalue weighted by atomic mass is 19.1. The van der Waals surface area contributed by atoms with Gasteiger partial charge in [0.2, 0.25) is 0 Å². The van der Waals surface area contributed by atoms with Crippen molar-refractivity contribution in [2.75, 3.05) is 13.6 Å². The zero-order valence-electron chi connectivity index (χ0n) is 16.0. The van der Waals surface area contributed by atoms with Crippen molar-refractivity contribution >= 4 is 5.96 Å². The Morgan fingerprint density at radius 3 is 2.68 bits per heavy atom. The molecule has 1 atom stereocenters. The molecule has 0 fully saturated rings. The molecule has 3 rings (SSSR count). The molecule has 2 aromatic carbocycles. The summed E-state index contributed by atoms with van der Waals surface area (Å²) in [7, 11) is 1.72. The van der Waals surface area contributed by atoms with Gasteiger partial charge in [0.05, 0.1) is 18.6 Å². The van der Waals surface area contributed by atoms with Crippen molar-refractivity contribution in [3.63, 3.8) is 0 Å². The summed E-state index contributed by atoms with van der Waals surface area (Å²) in [5.41, 5.74) is 2.19. The second kappa shape index (κ2) is 9.55. The van der Waals surface area contributed by atoms with Crippen molar-refractivity contribution in [2.24, 2.45) is 4.99 Å². The Bertz CT molecular complexity index is 893. The predicted molar refractivity (Wildman–Crippen MR) is 108 cm³/mol. The molecule has 0 saturated carbocycles. The number of aromatic nitrogens is 2. The molecule has 0 spiro atoms. The second-order valence-electron chi connectivity index (χ2n) is 6.29. The lowest BCUT2D eigenvalue weighted by Gasteiger charge is -2.18. The van der Waals surface area contributed by atoms with Crippen LogP contribution < -0.4 is 15.4 Å². The van der Waals surface area contributed by atoms with Gasteiger partial charge >= 0.3 is 0 Å². The van der Waals surface area contributed by atoms with Gasteiger partial charge in [-0.15, -0.1) is 0 Å². The van der Waals surface area contributed by atoms with Crippen LogP contribution in [0.5, 0.6) is 5.75 Å². The first-order valence-corrected chi connectivity index (χ1v) is 9.08. The first kappa shape index (κ1) is 19.4. The fourth-order valence-corrected chi connectivity index (χ4v) is 2.74. The molecule has 0 saturated heterocycles. The zero-order chi connectivity index (χ0) is 19.8. The van der Waals surface area contributed by atoms with Crippen LogP contribution in [0.1, 0.15) is 12.5 Å². The third-order valence-corrected chi connectivity index (χ3v) is 4.15. The maximum atomic E-state index is 13.0. The molecule has 146 valence electrons. The summed E-state index contributed by atoms with van der Waals surface area (Å²) in [4.78, 5) is 8.37. The van der Waals surface area contributed by atoms with Crippen molar-refractivity contribution in [3.8, 4) is 11.4 Å². The third-order valence-electron chi connectivity index (χ3n) is 4.15. The highest BCUT2D eigenvalue weighted by molar-refractivity contribution is 5.79. The van der Waals surface area contributed by atoms with Gasteiger partial charge in [0, 0.05) is 26.0 Å². The topological polar surface area (TPSA) is 63.5 Å². The average molecular weight is 381 g/mol. The smallest absolute Gasteiger partial charge is 0.191 e. The van der Waals surface area contributed by atoms with E-state index in [0.717, 1.165) is 11.3 Å². The number of hydrogen-bond donors (Lipinski definition) is 2. The van der Waals surface area contributed by atoms with Gasteiger partial charge in [-0.25, -0.2) is 9.37 Å². The lowest BCUT2D eigenvalue weighted by molar-refractivity contribution is 0.223. The molecule has 0 aliphatic carbocycles. The number of hydrogen-bond acceptors (Lipinski definition) is 3. The monoisotopic (exact) mass is 381 g/mol. The van der Waals surface area contributed by atoms with Crippen LogP contribution >= 0.6 is 0 Å². The minimum Gasteiger partial charge on any atom is -0.489 e. The Hall–Kier alpha value is -3.35. The van der Waals surface area contributed by atoms with Gasteiger partial charge in [-0.3, -0.25) is 4.99 Å². The first-order chi connectivity index (χ1) is 13.7. The lowest BCUT2D eigenvalue weighted by atomic mass is 10.1. The quantitative estimate of drug-likeness (QED) is 0.488. The standard InChI is InChI=1S/C21H24FN5O/c1-16(28-19-9-7-18(22)8-10-19)13-25-21(23-2)26-14-17-5-3-4-6-20(17)27-12-11-24-15-27/h3-12,15-16H,13-14H2,1-2H3,(H2,23,25,26). The minimum absolute atomic E-state index is 0.109. The second-order valence-corrected chi connectivity index (χ2v) is 6.29. The van der Waals surface area contributed by atoms with Crippen LogP contribution in [0.2, 0.25) is 0 Å². The van der Waals surface area contributed by atoms with Gasteiger partial charge in [0.1, 0.15) is 17.7 Å². The SMILES string of the molecule is CN=C(NCc1ccccc1-n1ccnc1)NCC(C)Oc1ccc(F)cc1. The van der Waals surface area contributed by atoms with Gasteiger partial charge < -0.3 is 19.9 Å². The van der Waals surface area contributed by atoms with Crippen LogP contribution in [0.3, 0.4) is 0 Å². The normalized spacial score (nSPS) is 12.5. The van der Waals surface area contributed by atoms with Crippen LogP contribution in [0.15, 0.2) is 72.2 Å². The molecule has 0 aliphatic rings. The summed E-state index contributed by atoms with van der Waals surface area (Å²) in [6.45, 7) is 3.11. The third kappa shape index (κ3) is 5.33. The summed E-state index contributed by atoms with van der Waals surface area (Å²) in [6, 6.07) is 14.1. The molecule has 0 radical (unpaired) electrons. The van der Waals surface area contributed by atoms with Gasteiger partial charge in [-0.2, -0.15) is 0 Å². The summed E-state index contributed by atoms with van der Waals surface area (Å²) in [6.07, 6.45) is 5.34. The van der Waals surface area contributed by atoms with E-state index in [2.05, 4.69) is 26.7 Å². The molecule has 6 nitrogen and oxygen atoms in total. The fourth-order valence-electron chi connectivity index (χ4n) is 2.74. The molecule has 1 aromatic heterocycles. The van der Waals surface area contributed by atoms with E-state index in [1.54, 1.807) is 31.7 Å². The van der Waals surface area contributed by atoms with E-state index < -0.39 is 0 Å². The van der Waals surface area contributed by atoms with Gasteiger partial charge in [0.25, 0.3) is 0 Å². The van der Waals surface area contributed by atoms with E-state index in [1.807, 2.05) is 35.9 Å². The molecule has 7 heteroatoms. The Morgan fingerprint density at radius 1 is 1.18 bits per heavy atom. The zero-order valence-corrected chi connectivity index (χ0v) is 16.0. The van der Waals surface area contributed by atoms with E-state index in [4.69, 9.17) is 4.74 Å². The number of halogens is 1. The molecule has 1 heterocycles. The van der Waals surface area contributed by atoms with Crippen LogP contribution in [-0.2, 0) is 6.54 Å². The van der Waals surface area contributed by atoms with E-state index in [0.29, 0.717) is 24.8 Å². The van der Waals surface area contributed by atoms with Crippen molar-refractivity contribution < 1.29 is 9.13 Å².